The van der Waals surface area contributed by atoms with Crippen LogP contribution in [0.1, 0.15) is 23.2 Å². The second-order valence-corrected chi connectivity index (χ2v) is 7.46. The molecule has 4 nitrogen and oxygen atoms in total. The fourth-order valence-electron chi connectivity index (χ4n) is 4.00. The highest BCUT2D eigenvalue weighted by molar-refractivity contribution is 6.08. The number of H-pyrrole nitrogens is 1. The highest BCUT2D eigenvalue weighted by Crippen LogP contribution is 2.30. The molecule has 4 heteroatoms. The topological polar surface area (TPSA) is 48.1 Å². The van der Waals surface area contributed by atoms with Crippen LogP contribution in [0.5, 0.6) is 0 Å². The molecule has 0 unspecified atom stereocenters. The van der Waals surface area contributed by atoms with Crippen molar-refractivity contribution in [2.24, 2.45) is 0 Å². The molecule has 1 amide bonds. The Balaban J connectivity index is 1.44. The van der Waals surface area contributed by atoms with Crippen molar-refractivity contribution in [3.8, 4) is 11.1 Å². The van der Waals surface area contributed by atoms with Gasteiger partial charge < -0.3 is 15.2 Å². The minimum absolute atomic E-state index is 0.0498. The molecule has 29 heavy (non-hydrogen) atoms. The van der Waals surface area contributed by atoms with Gasteiger partial charge in [0.15, 0.2) is 0 Å². The zero-order valence-electron chi connectivity index (χ0n) is 16.2. The summed E-state index contributed by atoms with van der Waals surface area (Å²) < 4.78 is 0. The van der Waals surface area contributed by atoms with Gasteiger partial charge >= 0.3 is 0 Å². The molecule has 1 aliphatic heterocycles. The van der Waals surface area contributed by atoms with Crippen LogP contribution in [0.2, 0.25) is 0 Å². The Bertz CT molecular complexity index is 1160. The molecule has 4 aromatic rings. The number of carbonyl (C=O) groups excluding carboxylic acids is 1. The standard InChI is InChI=1S/C25H23N3O/c29-25(28-16-4-3-14-26-23-5-1-2-6-24(23)28)19-9-7-18(8-10-19)20-11-12-22-21(17-20)13-15-27-22/h1-2,5-13,15,17,26-27H,3-4,14,16H2. The van der Waals surface area contributed by atoms with Gasteiger partial charge in [0.1, 0.15) is 0 Å². The van der Waals surface area contributed by atoms with E-state index in [1.807, 2.05) is 59.6 Å². The Labute approximate surface area is 170 Å². The Hall–Kier alpha value is -3.53. The summed E-state index contributed by atoms with van der Waals surface area (Å²) in [6.07, 6.45) is 3.99. The fraction of sp³-hybridized carbons (Fsp3) is 0.160. The van der Waals surface area contributed by atoms with Crippen LogP contribution in [0.15, 0.2) is 79.0 Å². The third kappa shape index (κ3) is 3.38. The minimum Gasteiger partial charge on any atom is -0.383 e. The van der Waals surface area contributed by atoms with E-state index in [4.69, 9.17) is 0 Å². The van der Waals surface area contributed by atoms with E-state index in [1.165, 1.54) is 5.39 Å². The first-order valence-electron chi connectivity index (χ1n) is 10.1. The van der Waals surface area contributed by atoms with Gasteiger partial charge in [-0.3, -0.25) is 4.79 Å². The zero-order valence-corrected chi connectivity index (χ0v) is 16.2. The van der Waals surface area contributed by atoms with E-state index < -0.39 is 0 Å². The molecule has 0 aliphatic carbocycles. The lowest BCUT2D eigenvalue weighted by molar-refractivity contribution is 0.0986. The molecule has 144 valence electrons. The van der Waals surface area contributed by atoms with Gasteiger partial charge in [-0.15, -0.1) is 0 Å². The van der Waals surface area contributed by atoms with Crippen LogP contribution >= 0.6 is 0 Å². The van der Waals surface area contributed by atoms with Crippen LogP contribution < -0.4 is 10.2 Å². The number of benzene rings is 3. The number of rotatable bonds is 2. The van der Waals surface area contributed by atoms with Gasteiger partial charge in [0.05, 0.1) is 11.4 Å². The first-order valence-corrected chi connectivity index (χ1v) is 10.1. The molecule has 0 atom stereocenters. The van der Waals surface area contributed by atoms with Crippen molar-refractivity contribution in [2.45, 2.75) is 12.8 Å². The largest absolute Gasteiger partial charge is 0.383 e. The van der Waals surface area contributed by atoms with Crippen LogP contribution in [0, 0.1) is 0 Å². The molecule has 0 saturated heterocycles. The van der Waals surface area contributed by atoms with Gasteiger partial charge in [-0.25, -0.2) is 0 Å². The average molecular weight is 381 g/mol. The van der Waals surface area contributed by atoms with Crippen molar-refractivity contribution in [3.05, 3.63) is 84.6 Å². The van der Waals surface area contributed by atoms with E-state index >= 15 is 0 Å². The predicted octanol–water partition coefficient (Wildman–Crippen LogP) is 5.69. The van der Waals surface area contributed by atoms with Crippen LogP contribution in [0.4, 0.5) is 11.4 Å². The van der Waals surface area contributed by atoms with Crippen LogP contribution in [-0.2, 0) is 0 Å². The molecule has 0 saturated carbocycles. The molecular formula is C25H23N3O. The van der Waals surface area contributed by atoms with E-state index in [9.17, 15) is 4.79 Å². The number of para-hydroxylation sites is 2. The highest BCUT2D eigenvalue weighted by Gasteiger charge is 2.21. The van der Waals surface area contributed by atoms with Crippen molar-refractivity contribution in [3.63, 3.8) is 0 Å². The average Bonchev–Trinajstić information content (AvgIpc) is 3.22. The molecule has 5 rings (SSSR count). The van der Waals surface area contributed by atoms with Gasteiger partial charge in [-0.05, 0) is 71.8 Å². The Morgan fingerprint density at radius 3 is 2.59 bits per heavy atom. The number of anilines is 2. The lowest BCUT2D eigenvalue weighted by Crippen LogP contribution is -2.34. The number of aromatic amines is 1. The Morgan fingerprint density at radius 2 is 1.69 bits per heavy atom. The molecule has 0 radical (unpaired) electrons. The van der Waals surface area contributed by atoms with Crippen molar-refractivity contribution in [1.29, 1.82) is 0 Å². The number of hydrogen-bond acceptors (Lipinski definition) is 2. The molecule has 2 N–H and O–H groups in total. The van der Waals surface area contributed by atoms with Crippen molar-refractivity contribution in [2.75, 3.05) is 23.3 Å². The number of fused-ring (bicyclic) bond motifs is 2. The first kappa shape index (κ1) is 17.6. The van der Waals surface area contributed by atoms with E-state index in [0.717, 1.165) is 53.9 Å². The van der Waals surface area contributed by atoms with Gasteiger partial charge in [0.25, 0.3) is 5.91 Å². The van der Waals surface area contributed by atoms with E-state index in [2.05, 4.69) is 34.6 Å². The van der Waals surface area contributed by atoms with Crippen LogP contribution in [0.3, 0.4) is 0 Å². The van der Waals surface area contributed by atoms with Crippen LogP contribution in [-0.4, -0.2) is 24.0 Å². The number of amides is 1. The summed E-state index contributed by atoms with van der Waals surface area (Å²) in [5.41, 5.74) is 6.09. The number of aromatic nitrogens is 1. The maximum atomic E-state index is 13.3. The molecule has 0 bridgehead atoms. The van der Waals surface area contributed by atoms with Crippen LogP contribution in [0.25, 0.3) is 22.0 Å². The Kier molecular flexibility index (Phi) is 4.53. The third-order valence-corrected chi connectivity index (χ3v) is 5.58. The first-order chi connectivity index (χ1) is 14.3. The second kappa shape index (κ2) is 7.47. The second-order valence-electron chi connectivity index (χ2n) is 7.46. The molecule has 2 heterocycles. The lowest BCUT2D eigenvalue weighted by atomic mass is 10.0. The van der Waals surface area contributed by atoms with Gasteiger partial charge in [-0.2, -0.15) is 0 Å². The van der Waals surface area contributed by atoms with Gasteiger partial charge in [0, 0.05) is 30.4 Å². The molecule has 1 aliphatic rings. The minimum atomic E-state index is 0.0498. The molecule has 3 aromatic carbocycles. The summed E-state index contributed by atoms with van der Waals surface area (Å²) >= 11 is 0. The molecular weight excluding hydrogens is 358 g/mol. The molecule has 0 spiro atoms. The SMILES string of the molecule is O=C(c1ccc(-c2ccc3[nH]ccc3c2)cc1)N1CCCCNc2ccccc21. The maximum Gasteiger partial charge on any atom is 0.258 e. The number of nitrogens with one attached hydrogen (secondary N) is 2. The van der Waals surface area contributed by atoms with Crippen molar-refractivity contribution in [1.82, 2.24) is 4.98 Å². The van der Waals surface area contributed by atoms with E-state index in [1.54, 1.807) is 0 Å². The quantitative estimate of drug-likeness (QED) is 0.469. The summed E-state index contributed by atoms with van der Waals surface area (Å²) in [7, 11) is 0. The Morgan fingerprint density at radius 1 is 0.862 bits per heavy atom. The predicted molar refractivity (Wildman–Crippen MR) is 120 cm³/mol. The normalized spacial score (nSPS) is 14.0. The van der Waals surface area contributed by atoms with E-state index in [0.29, 0.717) is 5.56 Å². The van der Waals surface area contributed by atoms with Crippen molar-refractivity contribution >= 4 is 28.2 Å². The smallest absolute Gasteiger partial charge is 0.258 e. The van der Waals surface area contributed by atoms with Crippen molar-refractivity contribution < 1.29 is 4.79 Å². The molecule has 0 fully saturated rings. The summed E-state index contributed by atoms with van der Waals surface area (Å²) in [5.74, 6) is 0.0498. The summed E-state index contributed by atoms with van der Waals surface area (Å²) in [6.45, 7) is 1.68. The summed E-state index contributed by atoms with van der Waals surface area (Å²) in [5, 5.41) is 4.64. The number of hydrogen-bond donors (Lipinski definition) is 2. The number of nitrogens with zero attached hydrogens (tertiary/aromatic N) is 1. The lowest BCUT2D eigenvalue weighted by Gasteiger charge is -2.28. The fourth-order valence-corrected chi connectivity index (χ4v) is 4.00. The summed E-state index contributed by atoms with van der Waals surface area (Å²) in [6, 6.07) is 24.4. The number of carbonyl (C=O) groups is 1. The third-order valence-electron chi connectivity index (χ3n) is 5.58. The molecule has 1 aromatic heterocycles. The summed E-state index contributed by atoms with van der Waals surface area (Å²) in [4.78, 5) is 18.4. The van der Waals surface area contributed by atoms with Gasteiger partial charge in [-0.1, -0.05) is 30.3 Å². The highest BCUT2D eigenvalue weighted by atomic mass is 16.2. The van der Waals surface area contributed by atoms with Gasteiger partial charge in [0.2, 0.25) is 0 Å². The van der Waals surface area contributed by atoms with E-state index in [-0.39, 0.29) is 5.91 Å². The zero-order chi connectivity index (χ0) is 19.6. The maximum absolute atomic E-state index is 13.3. The monoisotopic (exact) mass is 381 g/mol.